The summed E-state index contributed by atoms with van der Waals surface area (Å²) in [6.07, 6.45) is 1.69. The molecule has 1 N–H and O–H groups in total. The average Bonchev–Trinajstić information content (AvgIpc) is 2.50. The number of aryl methyl sites for hydroxylation is 1. The van der Waals surface area contributed by atoms with Crippen LogP contribution in [0, 0.1) is 18.7 Å². The topological polar surface area (TPSA) is 41.6 Å². The molecule has 0 spiro atoms. The minimum Gasteiger partial charge on any atom is -0.444 e. The van der Waals surface area contributed by atoms with Crippen molar-refractivity contribution < 1.29 is 13.9 Å². The molecule has 1 amide bonds. The van der Waals surface area contributed by atoms with Gasteiger partial charge in [-0.05, 0) is 98.7 Å². The molecule has 1 aromatic carbocycles. The molecule has 2 rings (SSSR count). The number of nitrogens with one attached hydrogen (secondary N) is 1. The Morgan fingerprint density at radius 2 is 2.00 bits per heavy atom. The van der Waals surface area contributed by atoms with E-state index in [4.69, 9.17) is 4.74 Å². The maximum atomic E-state index is 13.8. The lowest BCUT2D eigenvalue weighted by Gasteiger charge is -2.32. The van der Waals surface area contributed by atoms with Gasteiger partial charge in [0.05, 0.1) is 4.47 Å². The molecule has 1 aliphatic heterocycles. The summed E-state index contributed by atoms with van der Waals surface area (Å²) in [5, 5.41) is 2.86. The molecule has 1 aliphatic rings. The average molecular weight is 415 g/mol. The van der Waals surface area contributed by atoms with Crippen LogP contribution in [-0.4, -0.2) is 36.2 Å². The zero-order valence-corrected chi connectivity index (χ0v) is 17.1. The second-order valence-corrected chi connectivity index (χ2v) is 8.65. The molecule has 0 radical (unpaired) electrons. The molecule has 1 heterocycles. The van der Waals surface area contributed by atoms with Crippen LogP contribution in [0.5, 0.6) is 0 Å². The highest BCUT2D eigenvalue weighted by molar-refractivity contribution is 9.10. The van der Waals surface area contributed by atoms with Gasteiger partial charge in [-0.1, -0.05) is 0 Å². The van der Waals surface area contributed by atoms with Gasteiger partial charge < -0.3 is 10.1 Å². The van der Waals surface area contributed by atoms with Crippen LogP contribution in [-0.2, 0) is 11.3 Å². The smallest absolute Gasteiger partial charge is 0.407 e. The van der Waals surface area contributed by atoms with E-state index in [-0.39, 0.29) is 11.9 Å². The van der Waals surface area contributed by atoms with E-state index in [0.29, 0.717) is 16.9 Å². The highest BCUT2D eigenvalue weighted by atomic mass is 79.9. The van der Waals surface area contributed by atoms with Gasteiger partial charge in [-0.15, -0.1) is 0 Å². The van der Waals surface area contributed by atoms with Gasteiger partial charge in [-0.2, -0.15) is 0 Å². The fourth-order valence-corrected chi connectivity index (χ4v) is 3.45. The maximum Gasteiger partial charge on any atom is 0.407 e. The summed E-state index contributed by atoms with van der Waals surface area (Å²) in [6, 6.07) is 3.46. The number of hydrogen-bond acceptors (Lipinski definition) is 3. The lowest BCUT2D eigenvalue weighted by atomic mass is 9.96. The zero-order valence-electron chi connectivity index (χ0n) is 15.5. The lowest BCUT2D eigenvalue weighted by molar-refractivity contribution is 0.0509. The number of piperidine rings is 1. The number of alkyl carbamates (subject to hydrolysis) is 1. The molecule has 0 bridgehead atoms. The van der Waals surface area contributed by atoms with E-state index in [0.717, 1.165) is 43.6 Å². The van der Waals surface area contributed by atoms with Crippen LogP contribution in [0.25, 0.3) is 0 Å². The first-order valence-corrected chi connectivity index (χ1v) is 9.57. The van der Waals surface area contributed by atoms with E-state index >= 15 is 0 Å². The number of carbonyl (C=O) groups is 1. The van der Waals surface area contributed by atoms with Crippen molar-refractivity contribution >= 4 is 22.0 Å². The molecule has 0 unspecified atom stereocenters. The van der Waals surface area contributed by atoms with Gasteiger partial charge in [0.15, 0.2) is 0 Å². The Balaban J connectivity index is 1.76. The highest BCUT2D eigenvalue weighted by Gasteiger charge is 2.22. The number of ether oxygens (including phenoxy) is 1. The first kappa shape index (κ1) is 20.2. The molecule has 0 aliphatic carbocycles. The predicted molar refractivity (Wildman–Crippen MR) is 101 cm³/mol. The van der Waals surface area contributed by atoms with Crippen LogP contribution in [0.3, 0.4) is 0 Å². The molecule has 0 atom stereocenters. The molecule has 1 saturated heterocycles. The van der Waals surface area contributed by atoms with E-state index < -0.39 is 5.60 Å². The van der Waals surface area contributed by atoms with Crippen LogP contribution >= 0.6 is 15.9 Å². The lowest BCUT2D eigenvalue weighted by Crippen LogP contribution is -2.40. The van der Waals surface area contributed by atoms with Gasteiger partial charge in [-0.25, -0.2) is 9.18 Å². The van der Waals surface area contributed by atoms with Crippen molar-refractivity contribution in [3.8, 4) is 0 Å². The number of amides is 1. The summed E-state index contributed by atoms with van der Waals surface area (Å²) < 4.78 is 19.5. The minimum atomic E-state index is -0.467. The van der Waals surface area contributed by atoms with Crippen LogP contribution in [0.15, 0.2) is 16.6 Å². The van der Waals surface area contributed by atoms with Crippen molar-refractivity contribution in [3.63, 3.8) is 0 Å². The van der Waals surface area contributed by atoms with Crippen molar-refractivity contribution in [2.45, 2.75) is 52.7 Å². The standard InChI is InChI=1S/C19H28BrFN2O2/c1-13-9-16(20)17(21)10-15(13)12-23-7-5-14(6-8-23)11-22-18(24)25-19(2,3)4/h9-10,14H,5-8,11-12H2,1-4H3,(H,22,24). The predicted octanol–water partition coefficient (Wildman–Crippen LogP) is 4.63. The van der Waals surface area contributed by atoms with Crippen molar-refractivity contribution in [2.24, 2.45) is 5.92 Å². The molecule has 0 aromatic heterocycles. The zero-order chi connectivity index (χ0) is 18.6. The van der Waals surface area contributed by atoms with Gasteiger partial charge >= 0.3 is 6.09 Å². The quantitative estimate of drug-likeness (QED) is 0.780. The number of nitrogens with zero attached hydrogens (tertiary/aromatic N) is 1. The normalized spacial score (nSPS) is 16.7. The molecule has 1 fully saturated rings. The Morgan fingerprint density at radius 3 is 2.60 bits per heavy atom. The Hall–Kier alpha value is -1.14. The second kappa shape index (κ2) is 8.49. The van der Waals surface area contributed by atoms with Crippen LogP contribution in [0.4, 0.5) is 9.18 Å². The number of carbonyl (C=O) groups excluding carboxylic acids is 1. The monoisotopic (exact) mass is 414 g/mol. The summed E-state index contributed by atoms with van der Waals surface area (Å²) in [7, 11) is 0. The van der Waals surface area contributed by atoms with Crippen molar-refractivity contribution in [2.75, 3.05) is 19.6 Å². The summed E-state index contributed by atoms with van der Waals surface area (Å²) in [4.78, 5) is 14.1. The molecule has 140 valence electrons. The van der Waals surface area contributed by atoms with Gasteiger partial charge in [0, 0.05) is 13.1 Å². The van der Waals surface area contributed by atoms with Crippen LogP contribution < -0.4 is 5.32 Å². The highest BCUT2D eigenvalue weighted by Crippen LogP contribution is 2.24. The SMILES string of the molecule is Cc1cc(Br)c(F)cc1CN1CCC(CNC(=O)OC(C)(C)C)CC1. The number of rotatable bonds is 4. The summed E-state index contributed by atoms with van der Waals surface area (Å²) in [5.41, 5.74) is 1.67. The van der Waals surface area contributed by atoms with E-state index in [2.05, 4.69) is 26.1 Å². The summed E-state index contributed by atoms with van der Waals surface area (Å²) in [6.45, 7) is 10.9. The first-order valence-electron chi connectivity index (χ1n) is 8.78. The second-order valence-electron chi connectivity index (χ2n) is 7.80. The van der Waals surface area contributed by atoms with Gasteiger partial charge in [-0.3, -0.25) is 4.90 Å². The molecule has 25 heavy (non-hydrogen) atoms. The molecule has 6 heteroatoms. The third kappa shape index (κ3) is 6.59. The molecule has 0 saturated carbocycles. The van der Waals surface area contributed by atoms with Gasteiger partial charge in [0.1, 0.15) is 11.4 Å². The van der Waals surface area contributed by atoms with Crippen molar-refractivity contribution in [1.82, 2.24) is 10.2 Å². The molecule has 1 aromatic rings. The Kier molecular flexibility index (Phi) is 6.86. The number of hydrogen-bond donors (Lipinski definition) is 1. The van der Waals surface area contributed by atoms with Crippen molar-refractivity contribution in [1.29, 1.82) is 0 Å². The fourth-order valence-electron chi connectivity index (χ4n) is 2.99. The number of benzene rings is 1. The summed E-state index contributed by atoms with van der Waals surface area (Å²) in [5.74, 6) is 0.253. The van der Waals surface area contributed by atoms with Gasteiger partial charge in [0.2, 0.25) is 0 Å². The molecule has 4 nitrogen and oxygen atoms in total. The largest absolute Gasteiger partial charge is 0.444 e. The maximum absolute atomic E-state index is 13.8. The molecular formula is C19H28BrFN2O2. The summed E-state index contributed by atoms with van der Waals surface area (Å²) >= 11 is 3.23. The van der Waals surface area contributed by atoms with E-state index in [9.17, 15) is 9.18 Å². The number of likely N-dealkylation sites (tertiary alicyclic amines) is 1. The van der Waals surface area contributed by atoms with Crippen LogP contribution in [0.1, 0.15) is 44.7 Å². The van der Waals surface area contributed by atoms with E-state index in [1.54, 1.807) is 6.07 Å². The van der Waals surface area contributed by atoms with Gasteiger partial charge in [0.25, 0.3) is 0 Å². The van der Waals surface area contributed by atoms with Crippen LogP contribution in [0.2, 0.25) is 0 Å². The Bertz CT molecular complexity index is 608. The van der Waals surface area contributed by atoms with Crippen molar-refractivity contribution in [3.05, 3.63) is 33.5 Å². The third-order valence-corrected chi connectivity index (χ3v) is 5.02. The number of halogens is 2. The molecular weight excluding hydrogens is 387 g/mol. The Morgan fingerprint density at radius 1 is 1.36 bits per heavy atom. The minimum absolute atomic E-state index is 0.211. The Labute approximate surface area is 158 Å². The van der Waals surface area contributed by atoms with E-state index in [1.807, 2.05) is 33.8 Å². The van der Waals surface area contributed by atoms with E-state index in [1.165, 1.54) is 0 Å². The third-order valence-electron chi connectivity index (χ3n) is 4.41. The first-order chi connectivity index (χ1) is 11.6. The fraction of sp³-hybridized carbons (Fsp3) is 0.632.